The Morgan fingerprint density at radius 2 is 2.07 bits per heavy atom. The first-order chi connectivity index (χ1) is 13.6. The molecule has 154 valence electrons. The van der Waals surface area contributed by atoms with Crippen LogP contribution >= 0.6 is 0 Å². The number of nitrogens with zero attached hydrogens (tertiary/aromatic N) is 1. The molecule has 3 fully saturated rings. The number of methoxy groups -OCH3 is 1. The molecule has 0 bridgehead atoms. The van der Waals surface area contributed by atoms with Crippen LogP contribution in [-0.4, -0.2) is 56.8 Å². The van der Waals surface area contributed by atoms with Gasteiger partial charge in [0, 0.05) is 26.3 Å². The summed E-state index contributed by atoms with van der Waals surface area (Å²) in [6, 6.07) is 4.86. The molecule has 1 N–H and O–H groups in total. The summed E-state index contributed by atoms with van der Waals surface area (Å²) in [5, 5.41) is 3.43. The summed E-state index contributed by atoms with van der Waals surface area (Å²) in [6.45, 7) is 4.14. The van der Waals surface area contributed by atoms with Crippen molar-refractivity contribution in [1.29, 1.82) is 0 Å². The molecule has 6 heteroatoms. The van der Waals surface area contributed by atoms with Crippen molar-refractivity contribution in [3.63, 3.8) is 0 Å². The molecule has 0 radical (unpaired) electrons. The van der Waals surface area contributed by atoms with Gasteiger partial charge in [-0.3, -0.25) is 4.79 Å². The smallest absolute Gasteiger partial charge is 0.227 e. The zero-order valence-corrected chi connectivity index (χ0v) is 16.7. The summed E-state index contributed by atoms with van der Waals surface area (Å²) in [6.07, 6.45) is 5.18. The fourth-order valence-electron chi connectivity index (χ4n) is 4.61. The number of amides is 1. The van der Waals surface area contributed by atoms with E-state index in [1.807, 2.05) is 0 Å². The summed E-state index contributed by atoms with van der Waals surface area (Å²) >= 11 is 0. The van der Waals surface area contributed by atoms with Crippen LogP contribution in [0.4, 0.5) is 4.39 Å². The van der Waals surface area contributed by atoms with Crippen molar-refractivity contribution in [1.82, 2.24) is 10.2 Å². The van der Waals surface area contributed by atoms with Gasteiger partial charge >= 0.3 is 0 Å². The zero-order valence-electron chi connectivity index (χ0n) is 16.7. The molecule has 1 aromatic carbocycles. The second kappa shape index (κ2) is 8.78. The largest absolute Gasteiger partial charge is 0.493 e. The van der Waals surface area contributed by atoms with Crippen LogP contribution in [0.25, 0.3) is 0 Å². The number of nitrogens with one attached hydrogen (secondary N) is 1. The van der Waals surface area contributed by atoms with Gasteiger partial charge in [-0.1, -0.05) is 6.07 Å². The number of hydrogen-bond acceptors (Lipinski definition) is 4. The third-order valence-corrected chi connectivity index (χ3v) is 6.62. The van der Waals surface area contributed by atoms with Gasteiger partial charge in [-0.05, 0) is 68.2 Å². The molecule has 0 aromatic heterocycles. The normalized spacial score (nSPS) is 25.4. The second-order valence-corrected chi connectivity index (χ2v) is 8.47. The third-order valence-electron chi connectivity index (χ3n) is 6.62. The molecule has 2 saturated heterocycles. The Labute approximate surface area is 166 Å². The van der Waals surface area contributed by atoms with Gasteiger partial charge in [0.2, 0.25) is 5.91 Å². The van der Waals surface area contributed by atoms with E-state index in [-0.39, 0.29) is 24.2 Å². The lowest BCUT2D eigenvalue weighted by Crippen LogP contribution is -2.54. The van der Waals surface area contributed by atoms with Crippen LogP contribution in [0.15, 0.2) is 18.2 Å². The van der Waals surface area contributed by atoms with Crippen molar-refractivity contribution in [3.8, 4) is 5.75 Å². The number of carbonyl (C=O) groups excluding carboxylic acids is 1. The summed E-state index contributed by atoms with van der Waals surface area (Å²) in [7, 11) is 1.64. The number of carbonyl (C=O) groups is 1. The topological polar surface area (TPSA) is 50.8 Å². The van der Waals surface area contributed by atoms with Gasteiger partial charge in [0.1, 0.15) is 11.6 Å². The average molecular weight is 390 g/mol. The maximum atomic E-state index is 14.4. The molecular weight excluding hydrogens is 359 g/mol. The molecule has 1 aromatic rings. The molecule has 5 nitrogen and oxygen atoms in total. The molecule has 2 aliphatic heterocycles. The van der Waals surface area contributed by atoms with E-state index in [0.717, 1.165) is 37.3 Å². The van der Waals surface area contributed by atoms with Crippen molar-refractivity contribution in [2.45, 2.75) is 38.2 Å². The highest BCUT2D eigenvalue weighted by Crippen LogP contribution is 2.49. The van der Waals surface area contributed by atoms with E-state index in [1.165, 1.54) is 25.3 Å². The summed E-state index contributed by atoms with van der Waals surface area (Å²) < 4.78 is 25.3. The molecule has 1 amide bonds. The van der Waals surface area contributed by atoms with Crippen LogP contribution in [0.2, 0.25) is 0 Å². The van der Waals surface area contributed by atoms with E-state index in [0.29, 0.717) is 31.0 Å². The molecule has 2 unspecified atom stereocenters. The van der Waals surface area contributed by atoms with Gasteiger partial charge in [0.25, 0.3) is 0 Å². The SMILES string of the molecule is COC1CN(C(=O)Cc2ccc(OCCC3CC3C3CCNCC3)cc2F)C1. The number of rotatable bonds is 8. The molecule has 3 aliphatic rings. The third kappa shape index (κ3) is 4.66. The second-order valence-electron chi connectivity index (χ2n) is 8.47. The van der Waals surface area contributed by atoms with Crippen molar-refractivity contribution < 1.29 is 18.7 Å². The van der Waals surface area contributed by atoms with Crippen LogP contribution in [0.3, 0.4) is 0 Å². The summed E-state index contributed by atoms with van der Waals surface area (Å²) in [5.41, 5.74) is 0.423. The van der Waals surface area contributed by atoms with Crippen LogP contribution in [0, 0.1) is 23.6 Å². The molecule has 28 heavy (non-hydrogen) atoms. The maximum Gasteiger partial charge on any atom is 0.227 e. The molecule has 0 spiro atoms. The van der Waals surface area contributed by atoms with Gasteiger partial charge < -0.3 is 19.7 Å². The van der Waals surface area contributed by atoms with E-state index in [1.54, 1.807) is 24.1 Å². The van der Waals surface area contributed by atoms with E-state index < -0.39 is 0 Å². The fraction of sp³-hybridized carbons (Fsp3) is 0.682. The van der Waals surface area contributed by atoms with Crippen LogP contribution in [-0.2, 0) is 16.0 Å². The highest BCUT2D eigenvalue weighted by Gasteiger charge is 2.42. The minimum atomic E-state index is -0.367. The lowest BCUT2D eigenvalue weighted by atomic mass is 9.91. The average Bonchev–Trinajstić information content (AvgIpc) is 3.43. The highest BCUT2D eigenvalue weighted by atomic mass is 19.1. The lowest BCUT2D eigenvalue weighted by molar-refractivity contribution is -0.142. The van der Waals surface area contributed by atoms with Crippen molar-refractivity contribution in [3.05, 3.63) is 29.6 Å². The van der Waals surface area contributed by atoms with E-state index in [9.17, 15) is 9.18 Å². The van der Waals surface area contributed by atoms with Gasteiger partial charge in [-0.25, -0.2) is 4.39 Å². The zero-order chi connectivity index (χ0) is 19.5. The van der Waals surface area contributed by atoms with Crippen LogP contribution in [0.5, 0.6) is 5.75 Å². The standard InChI is InChI=1S/C22H31FN2O3/c1-27-19-13-25(14-19)22(26)11-17-2-3-18(12-21(17)23)28-9-6-16-10-20(16)15-4-7-24-8-5-15/h2-3,12,15-16,19-20,24H,4-11,13-14H2,1H3. The summed E-state index contributed by atoms with van der Waals surface area (Å²) in [5.74, 6) is 2.65. The van der Waals surface area contributed by atoms with Crippen molar-refractivity contribution in [2.75, 3.05) is 39.9 Å². The van der Waals surface area contributed by atoms with Gasteiger partial charge in [-0.15, -0.1) is 0 Å². The summed E-state index contributed by atoms with van der Waals surface area (Å²) in [4.78, 5) is 13.9. The number of benzene rings is 1. The monoisotopic (exact) mass is 390 g/mol. The van der Waals surface area contributed by atoms with Gasteiger partial charge in [0.15, 0.2) is 0 Å². The predicted molar refractivity (Wildman–Crippen MR) is 105 cm³/mol. The Morgan fingerprint density at radius 3 is 2.79 bits per heavy atom. The van der Waals surface area contributed by atoms with Crippen molar-refractivity contribution >= 4 is 5.91 Å². The van der Waals surface area contributed by atoms with Crippen LogP contribution in [0.1, 0.15) is 31.2 Å². The minimum absolute atomic E-state index is 0.0569. The lowest BCUT2D eigenvalue weighted by Gasteiger charge is -2.38. The Hall–Kier alpha value is -1.66. The molecule has 2 heterocycles. The predicted octanol–water partition coefficient (Wildman–Crippen LogP) is 2.63. The highest BCUT2D eigenvalue weighted by molar-refractivity contribution is 5.79. The number of ether oxygens (including phenoxy) is 2. The maximum absolute atomic E-state index is 14.4. The number of piperidine rings is 1. The Balaban J connectivity index is 1.19. The number of likely N-dealkylation sites (tertiary alicyclic amines) is 1. The Morgan fingerprint density at radius 1 is 1.29 bits per heavy atom. The Bertz CT molecular complexity index is 686. The van der Waals surface area contributed by atoms with Gasteiger partial charge in [0.05, 0.1) is 19.1 Å². The molecule has 2 atom stereocenters. The van der Waals surface area contributed by atoms with Crippen LogP contribution < -0.4 is 10.1 Å². The Kier molecular flexibility index (Phi) is 6.16. The molecule has 4 rings (SSSR count). The van der Waals surface area contributed by atoms with Crippen molar-refractivity contribution in [2.24, 2.45) is 17.8 Å². The molecule has 1 aliphatic carbocycles. The number of hydrogen-bond donors (Lipinski definition) is 1. The van der Waals surface area contributed by atoms with E-state index in [4.69, 9.17) is 9.47 Å². The van der Waals surface area contributed by atoms with Gasteiger partial charge in [-0.2, -0.15) is 0 Å². The van der Waals surface area contributed by atoms with E-state index in [2.05, 4.69) is 5.32 Å². The first-order valence-corrected chi connectivity index (χ1v) is 10.6. The van der Waals surface area contributed by atoms with E-state index >= 15 is 0 Å². The molecule has 1 saturated carbocycles. The fourth-order valence-corrected chi connectivity index (χ4v) is 4.61. The first kappa shape index (κ1) is 19.6. The number of halogens is 1. The molecular formula is C22H31FN2O3. The minimum Gasteiger partial charge on any atom is -0.493 e. The quantitative estimate of drug-likeness (QED) is 0.741. The first-order valence-electron chi connectivity index (χ1n) is 10.6.